The molecule has 9 heteroatoms. The minimum Gasteiger partial charge on any atom is -0.495 e. The van der Waals surface area contributed by atoms with Gasteiger partial charge < -0.3 is 10.1 Å². The summed E-state index contributed by atoms with van der Waals surface area (Å²) in [5.41, 5.74) is 0.881. The lowest BCUT2D eigenvalue weighted by atomic mass is 9.95. The molecule has 0 radical (unpaired) electrons. The number of hydrogen-bond donors (Lipinski definition) is 1. The third-order valence-corrected chi connectivity index (χ3v) is 7.86. The second-order valence-electron chi connectivity index (χ2n) is 7.54. The van der Waals surface area contributed by atoms with Gasteiger partial charge in [-0.3, -0.25) is 4.79 Å². The number of nitrogens with one attached hydrogen (secondary N) is 1. The van der Waals surface area contributed by atoms with Gasteiger partial charge in [0, 0.05) is 17.6 Å². The number of ether oxygens (including phenoxy) is 1. The summed E-state index contributed by atoms with van der Waals surface area (Å²) in [4.78, 5) is 12.7. The van der Waals surface area contributed by atoms with Crippen LogP contribution in [0, 0.1) is 0 Å². The lowest BCUT2D eigenvalue weighted by Gasteiger charge is -2.33. The van der Waals surface area contributed by atoms with Crippen LogP contribution >= 0.6 is 23.2 Å². The molecule has 1 aliphatic carbocycles. The number of nitrogens with zero attached hydrogens (tertiary/aromatic N) is 1. The van der Waals surface area contributed by atoms with Gasteiger partial charge in [0.15, 0.2) is 0 Å². The summed E-state index contributed by atoms with van der Waals surface area (Å²) in [5.74, 6) is 0.0363. The standard InChI is InChI=1S/C22H26Cl2N2O4S/c1-30-21-12-11-19(13-20(21)24)31(28,29)26(18-5-3-2-4-6-18)15-22(27)25-14-16-7-9-17(23)10-8-16/h7-13,18H,2-6,14-15H2,1H3,(H,25,27). The van der Waals surface area contributed by atoms with Crippen LogP contribution in [0.2, 0.25) is 10.0 Å². The maximum atomic E-state index is 13.5. The van der Waals surface area contributed by atoms with Crippen LogP contribution in [0.25, 0.3) is 0 Å². The normalized spacial score (nSPS) is 15.1. The average molecular weight is 485 g/mol. The van der Waals surface area contributed by atoms with Crippen LogP contribution in [0.4, 0.5) is 0 Å². The fourth-order valence-electron chi connectivity index (χ4n) is 3.72. The molecular weight excluding hydrogens is 459 g/mol. The third-order valence-electron chi connectivity index (χ3n) is 5.41. The largest absolute Gasteiger partial charge is 0.495 e. The van der Waals surface area contributed by atoms with Gasteiger partial charge in [0.2, 0.25) is 15.9 Å². The van der Waals surface area contributed by atoms with E-state index >= 15 is 0 Å². The van der Waals surface area contributed by atoms with E-state index in [2.05, 4.69) is 5.32 Å². The van der Waals surface area contributed by atoms with E-state index in [0.29, 0.717) is 17.3 Å². The number of carbonyl (C=O) groups excluding carboxylic acids is 1. The monoisotopic (exact) mass is 484 g/mol. The molecule has 1 N–H and O–H groups in total. The maximum Gasteiger partial charge on any atom is 0.243 e. The zero-order chi connectivity index (χ0) is 22.4. The molecule has 0 spiro atoms. The fourth-order valence-corrected chi connectivity index (χ4v) is 5.84. The Morgan fingerprint density at radius 1 is 1.10 bits per heavy atom. The minimum absolute atomic E-state index is 0.0503. The number of rotatable bonds is 8. The zero-order valence-corrected chi connectivity index (χ0v) is 19.6. The van der Waals surface area contributed by atoms with Gasteiger partial charge in [-0.15, -0.1) is 0 Å². The van der Waals surface area contributed by atoms with Crippen LogP contribution in [0.1, 0.15) is 37.7 Å². The molecule has 168 valence electrons. The Balaban J connectivity index is 1.79. The predicted octanol–water partition coefficient (Wildman–Crippen LogP) is 4.64. The summed E-state index contributed by atoms with van der Waals surface area (Å²) in [5, 5.41) is 3.63. The van der Waals surface area contributed by atoms with Crippen LogP contribution in [-0.2, 0) is 21.4 Å². The van der Waals surface area contributed by atoms with Gasteiger partial charge >= 0.3 is 0 Å². The van der Waals surface area contributed by atoms with E-state index in [0.717, 1.165) is 37.7 Å². The molecule has 1 fully saturated rings. The van der Waals surface area contributed by atoms with Gasteiger partial charge in [-0.1, -0.05) is 54.6 Å². The molecule has 0 unspecified atom stereocenters. The summed E-state index contributed by atoms with van der Waals surface area (Å²) in [6, 6.07) is 11.3. The van der Waals surface area contributed by atoms with Crippen molar-refractivity contribution >= 4 is 39.1 Å². The summed E-state index contributed by atoms with van der Waals surface area (Å²) < 4.78 is 33.4. The minimum atomic E-state index is -3.92. The van der Waals surface area contributed by atoms with Crippen molar-refractivity contribution in [3.8, 4) is 5.75 Å². The molecule has 0 aliphatic heterocycles. The van der Waals surface area contributed by atoms with Crippen molar-refractivity contribution in [1.82, 2.24) is 9.62 Å². The topological polar surface area (TPSA) is 75.7 Å². The molecule has 0 bridgehead atoms. The Bertz CT molecular complexity index is 1010. The number of carbonyl (C=O) groups is 1. The van der Waals surface area contributed by atoms with E-state index < -0.39 is 10.0 Å². The molecule has 0 atom stereocenters. The molecule has 2 aromatic carbocycles. The van der Waals surface area contributed by atoms with E-state index in [1.54, 1.807) is 12.1 Å². The van der Waals surface area contributed by atoms with Crippen molar-refractivity contribution < 1.29 is 17.9 Å². The molecule has 6 nitrogen and oxygen atoms in total. The third kappa shape index (κ3) is 6.13. The molecule has 1 aliphatic rings. The quantitative estimate of drug-likeness (QED) is 0.591. The Morgan fingerprint density at radius 3 is 2.39 bits per heavy atom. The first-order valence-electron chi connectivity index (χ1n) is 10.2. The Hall–Kier alpha value is -1.80. The fraction of sp³-hybridized carbons (Fsp3) is 0.409. The molecule has 2 aromatic rings. The second kappa shape index (κ2) is 10.7. The van der Waals surface area contributed by atoms with E-state index in [1.807, 2.05) is 12.1 Å². The van der Waals surface area contributed by atoms with Crippen molar-refractivity contribution in [2.24, 2.45) is 0 Å². The smallest absolute Gasteiger partial charge is 0.243 e. The van der Waals surface area contributed by atoms with Crippen molar-refractivity contribution in [3.05, 3.63) is 58.1 Å². The van der Waals surface area contributed by atoms with Crippen LogP contribution in [-0.4, -0.2) is 38.3 Å². The number of halogens is 2. The zero-order valence-electron chi connectivity index (χ0n) is 17.3. The van der Waals surface area contributed by atoms with Crippen LogP contribution < -0.4 is 10.1 Å². The van der Waals surface area contributed by atoms with E-state index in [9.17, 15) is 13.2 Å². The summed E-state index contributed by atoms with van der Waals surface area (Å²) in [6.45, 7) is 0.0488. The lowest BCUT2D eigenvalue weighted by Crippen LogP contribution is -2.46. The molecule has 1 saturated carbocycles. The summed E-state index contributed by atoms with van der Waals surface area (Å²) >= 11 is 12.1. The highest BCUT2D eigenvalue weighted by atomic mass is 35.5. The first-order chi connectivity index (χ1) is 14.8. The number of benzene rings is 2. The van der Waals surface area contributed by atoms with Gasteiger partial charge in [0.05, 0.1) is 23.6 Å². The number of sulfonamides is 1. The van der Waals surface area contributed by atoms with Gasteiger partial charge in [-0.2, -0.15) is 4.31 Å². The number of amides is 1. The first kappa shape index (κ1) is 23.9. The Kier molecular flexibility index (Phi) is 8.22. The molecule has 3 rings (SSSR count). The van der Waals surface area contributed by atoms with E-state index in [4.69, 9.17) is 27.9 Å². The van der Waals surface area contributed by atoms with E-state index in [-0.39, 0.29) is 28.4 Å². The first-order valence-corrected chi connectivity index (χ1v) is 12.4. The highest BCUT2D eigenvalue weighted by Crippen LogP contribution is 2.31. The molecule has 0 heterocycles. The maximum absolute atomic E-state index is 13.5. The SMILES string of the molecule is COc1ccc(S(=O)(=O)N(CC(=O)NCc2ccc(Cl)cc2)C2CCCCC2)cc1Cl. The summed E-state index contributed by atoms with van der Waals surface area (Å²) in [6.07, 6.45) is 4.40. The van der Waals surface area contributed by atoms with E-state index in [1.165, 1.54) is 29.6 Å². The average Bonchev–Trinajstić information content (AvgIpc) is 2.77. The summed E-state index contributed by atoms with van der Waals surface area (Å²) in [7, 11) is -2.45. The molecule has 1 amide bonds. The molecule has 0 aromatic heterocycles. The van der Waals surface area contributed by atoms with Crippen molar-refractivity contribution in [3.63, 3.8) is 0 Å². The highest BCUT2D eigenvalue weighted by molar-refractivity contribution is 7.89. The van der Waals surface area contributed by atoms with Crippen LogP contribution in [0.3, 0.4) is 0 Å². The number of methoxy groups -OCH3 is 1. The van der Waals surface area contributed by atoms with Crippen molar-refractivity contribution in [2.75, 3.05) is 13.7 Å². The Labute approximate surface area is 193 Å². The van der Waals surface area contributed by atoms with Gasteiger partial charge in [0.1, 0.15) is 5.75 Å². The Morgan fingerprint density at radius 2 is 1.77 bits per heavy atom. The predicted molar refractivity (Wildman–Crippen MR) is 122 cm³/mol. The molecule has 0 saturated heterocycles. The van der Waals surface area contributed by atoms with Crippen molar-refractivity contribution in [2.45, 2.75) is 49.6 Å². The number of hydrogen-bond acceptors (Lipinski definition) is 4. The molecular formula is C22H26Cl2N2O4S. The molecule has 31 heavy (non-hydrogen) atoms. The van der Waals surface area contributed by atoms with Gasteiger partial charge in [-0.05, 0) is 48.7 Å². The highest BCUT2D eigenvalue weighted by Gasteiger charge is 2.34. The van der Waals surface area contributed by atoms with Crippen molar-refractivity contribution in [1.29, 1.82) is 0 Å². The van der Waals surface area contributed by atoms with Gasteiger partial charge in [0.25, 0.3) is 0 Å². The van der Waals surface area contributed by atoms with Crippen LogP contribution in [0.15, 0.2) is 47.4 Å². The second-order valence-corrected chi connectivity index (χ2v) is 10.3. The lowest BCUT2D eigenvalue weighted by molar-refractivity contribution is -0.121. The van der Waals surface area contributed by atoms with Crippen LogP contribution in [0.5, 0.6) is 5.75 Å². The van der Waals surface area contributed by atoms with Gasteiger partial charge in [-0.25, -0.2) is 8.42 Å².